The molecule has 0 unspecified atom stereocenters. The van der Waals surface area contributed by atoms with Crippen molar-refractivity contribution in [3.05, 3.63) is 53.5 Å². The SMILES string of the molecule is CC1=C(/C=C/C/C=C/c2ccco2)C(C)(C)CCC1. The molecule has 0 saturated carbocycles. The Bertz CT molecular complexity index is 484. The van der Waals surface area contributed by atoms with E-state index in [0.29, 0.717) is 5.41 Å². The third-order valence-electron chi connectivity index (χ3n) is 3.92. The minimum Gasteiger partial charge on any atom is -0.465 e. The van der Waals surface area contributed by atoms with E-state index in [1.165, 1.54) is 24.8 Å². The molecular formula is C18H24O. The molecule has 0 aliphatic heterocycles. The summed E-state index contributed by atoms with van der Waals surface area (Å²) in [5, 5.41) is 0. The van der Waals surface area contributed by atoms with E-state index in [1.807, 2.05) is 18.2 Å². The first kappa shape index (κ1) is 13.9. The van der Waals surface area contributed by atoms with E-state index < -0.39 is 0 Å². The predicted molar refractivity (Wildman–Crippen MR) is 81.8 cm³/mol. The van der Waals surface area contributed by atoms with E-state index >= 15 is 0 Å². The molecule has 0 radical (unpaired) electrons. The van der Waals surface area contributed by atoms with Gasteiger partial charge in [0.1, 0.15) is 5.76 Å². The third-order valence-corrected chi connectivity index (χ3v) is 3.92. The van der Waals surface area contributed by atoms with Gasteiger partial charge >= 0.3 is 0 Å². The van der Waals surface area contributed by atoms with Gasteiger partial charge in [0.15, 0.2) is 0 Å². The van der Waals surface area contributed by atoms with Gasteiger partial charge in [-0.1, -0.05) is 37.6 Å². The van der Waals surface area contributed by atoms with E-state index in [9.17, 15) is 0 Å². The maximum atomic E-state index is 5.26. The Balaban J connectivity index is 1.95. The Morgan fingerprint density at radius 2 is 2.05 bits per heavy atom. The minimum atomic E-state index is 0.337. The Morgan fingerprint density at radius 1 is 1.26 bits per heavy atom. The van der Waals surface area contributed by atoms with Crippen LogP contribution < -0.4 is 0 Å². The van der Waals surface area contributed by atoms with Gasteiger partial charge in [-0.3, -0.25) is 0 Å². The maximum Gasteiger partial charge on any atom is 0.126 e. The van der Waals surface area contributed by atoms with Gasteiger partial charge in [0.2, 0.25) is 0 Å². The molecule has 1 aromatic rings. The molecule has 0 spiro atoms. The lowest BCUT2D eigenvalue weighted by Gasteiger charge is -2.32. The van der Waals surface area contributed by atoms with Crippen molar-refractivity contribution < 1.29 is 4.42 Å². The van der Waals surface area contributed by atoms with E-state index in [0.717, 1.165) is 12.2 Å². The fourth-order valence-corrected chi connectivity index (χ4v) is 2.85. The van der Waals surface area contributed by atoms with E-state index in [1.54, 1.807) is 11.8 Å². The van der Waals surface area contributed by atoms with Crippen LogP contribution >= 0.6 is 0 Å². The van der Waals surface area contributed by atoms with Crippen LogP contribution in [0.4, 0.5) is 0 Å². The largest absolute Gasteiger partial charge is 0.465 e. The molecule has 1 heterocycles. The van der Waals surface area contributed by atoms with Crippen molar-refractivity contribution in [2.75, 3.05) is 0 Å². The Hall–Kier alpha value is -1.50. The molecule has 0 N–H and O–H groups in total. The van der Waals surface area contributed by atoms with Crippen LogP contribution in [0.5, 0.6) is 0 Å². The molecule has 1 nitrogen and oxygen atoms in total. The summed E-state index contributed by atoms with van der Waals surface area (Å²) in [6.45, 7) is 6.99. The van der Waals surface area contributed by atoms with Crippen LogP contribution in [0.3, 0.4) is 0 Å². The fraction of sp³-hybridized carbons (Fsp3) is 0.444. The first-order chi connectivity index (χ1) is 9.09. The third kappa shape index (κ3) is 3.73. The number of furan rings is 1. The second-order valence-electron chi connectivity index (χ2n) is 5.99. The van der Waals surface area contributed by atoms with Gasteiger partial charge in [-0.2, -0.15) is 0 Å². The van der Waals surface area contributed by atoms with Gasteiger partial charge in [0, 0.05) is 0 Å². The first-order valence-corrected chi connectivity index (χ1v) is 7.16. The molecule has 1 heteroatoms. The van der Waals surface area contributed by atoms with Gasteiger partial charge < -0.3 is 4.42 Å². The number of rotatable bonds is 4. The molecule has 0 amide bonds. The lowest BCUT2D eigenvalue weighted by atomic mass is 9.72. The molecular weight excluding hydrogens is 232 g/mol. The summed E-state index contributed by atoms with van der Waals surface area (Å²) >= 11 is 0. The van der Waals surface area contributed by atoms with Crippen LogP contribution in [-0.2, 0) is 0 Å². The van der Waals surface area contributed by atoms with Gasteiger partial charge in [-0.25, -0.2) is 0 Å². The second kappa shape index (κ2) is 6.10. The van der Waals surface area contributed by atoms with E-state index in [2.05, 4.69) is 39.0 Å². The zero-order valence-electron chi connectivity index (χ0n) is 12.3. The fourth-order valence-electron chi connectivity index (χ4n) is 2.85. The number of allylic oxidation sites excluding steroid dienone is 5. The maximum absolute atomic E-state index is 5.26. The van der Waals surface area contributed by atoms with Crippen molar-refractivity contribution >= 4 is 6.08 Å². The van der Waals surface area contributed by atoms with Crippen molar-refractivity contribution in [1.29, 1.82) is 0 Å². The Kier molecular flexibility index (Phi) is 4.47. The molecule has 19 heavy (non-hydrogen) atoms. The molecule has 1 aliphatic rings. The zero-order valence-corrected chi connectivity index (χ0v) is 12.3. The molecule has 2 rings (SSSR count). The van der Waals surface area contributed by atoms with Crippen molar-refractivity contribution in [2.24, 2.45) is 5.41 Å². The van der Waals surface area contributed by atoms with Crippen LogP contribution in [0.15, 0.2) is 52.2 Å². The number of hydrogen-bond acceptors (Lipinski definition) is 1. The molecule has 1 aromatic heterocycles. The molecule has 102 valence electrons. The minimum absolute atomic E-state index is 0.337. The molecule has 0 atom stereocenters. The molecule has 0 bridgehead atoms. The molecule has 0 fully saturated rings. The van der Waals surface area contributed by atoms with Gasteiger partial charge in [0.05, 0.1) is 6.26 Å². The summed E-state index contributed by atoms with van der Waals surface area (Å²) in [5.74, 6) is 0.918. The van der Waals surface area contributed by atoms with Crippen molar-refractivity contribution in [1.82, 2.24) is 0 Å². The second-order valence-corrected chi connectivity index (χ2v) is 5.99. The Labute approximate surface area is 116 Å². The lowest BCUT2D eigenvalue weighted by molar-refractivity contribution is 0.376. The van der Waals surface area contributed by atoms with Crippen molar-refractivity contribution in [3.63, 3.8) is 0 Å². The summed E-state index contributed by atoms with van der Waals surface area (Å²) in [6, 6.07) is 3.88. The zero-order chi connectivity index (χ0) is 13.7. The van der Waals surface area contributed by atoms with Gasteiger partial charge in [-0.05, 0) is 61.8 Å². The van der Waals surface area contributed by atoms with Gasteiger partial charge in [0.25, 0.3) is 0 Å². The summed E-state index contributed by atoms with van der Waals surface area (Å²) in [4.78, 5) is 0. The highest BCUT2D eigenvalue weighted by Gasteiger charge is 2.26. The summed E-state index contributed by atoms with van der Waals surface area (Å²) in [6.07, 6.45) is 15.3. The smallest absolute Gasteiger partial charge is 0.126 e. The van der Waals surface area contributed by atoms with Crippen LogP contribution in [0, 0.1) is 5.41 Å². The standard InChI is InChI=1S/C18H24O/c1-15-9-7-13-18(2,3)17(15)12-6-4-5-10-16-11-8-14-19-16/h5-6,8,10-12,14H,4,7,9,13H2,1-3H3/b10-5+,12-6+. The van der Waals surface area contributed by atoms with E-state index in [4.69, 9.17) is 4.42 Å². The van der Waals surface area contributed by atoms with Gasteiger partial charge in [-0.15, -0.1) is 0 Å². The summed E-state index contributed by atoms with van der Waals surface area (Å²) < 4.78 is 5.26. The Morgan fingerprint density at radius 3 is 2.74 bits per heavy atom. The van der Waals surface area contributed by atoms with E-state index in [-0.39, 0.29) is 0 Å². The lowest BCUT2D eigenvalue weighted by Crippen LogP contribution is -2.18. The average molecular weight is 256 g/mol. The van der Waals surface area contributed by atoms with Crippen LogP contribution in [-0.4, -0.2) is 0 Å². The highest BCUT2D eigenvalue weighted by atomic mass is 16.3. The molecule has 0 aromatic carbocycles. The van der Waals surface area contributed by atoms with Crippen LogP contribution in [0.1, 0.15) is 52.2 Å². The van der Waals surface area contributed by atoms with Crippen molar-refractivity contribution in [2.45, 2.75) is 46.5 Å². The highest BCUT2D eigenvalue weighted by molar-refractivity contribution is 5.42. The van der Waals surface area contributed by atoms with Crippen LogP contribution in [0.2, 0.25) is 0 Å². The highest BCUT2D eigenvalue weighted by Crippen LogP contribution is 2.40. The van der Waals surface area contributed by atoms with Crippen LogP contribution in [0.25, 0.3) is 6.08 Å². The summed E-state index contributed by atoms with van der Waals surface area (Å²) in [7, 11) is 0. The normalized spacial score (nSPS) is 19.7. The monoisotopic (exact) mass is 256 g/mol. The van der Waals surface area contributed by atoms with Crippen molar-refractivity contribution in [3.8, 4) is 0 Å². The molecule has 1 aliphatic carbocycles. The summed E-state index contributed by atoms with van der Waals surface area (Å²) in [5.41, 5.74) is 3.43. The topological polar surface area (TPSA) is 13.1 Å². The quantitative estimate of drug-likeness (QED) is 0.667. The molecule has 0 saturated heterocycles. The average Bonchev–Trinajstić information content (AvgIpc) is 2.84. The first-order valence-electron chi connectivity index (χ1n) is 7.16. The number of hydrogen-bond donors (Lipinski definition) is 0. The predicted octanol–water partition coefficient (Wildman–Crippen LogP) is 5.77.